The third kappa shape index (κ3) is 5.46. The zero-order valence-electron chi connectivity index (χ0n) is 30.2. The molecule has 0 radical (unpaired) electrons. The predicted octanol–water partition coefficient (Wildman–Crippen LogP) is 8.02. The van der Waals surface area contributed by atoms with E-state index in [1.54, 1.807) is 13.8 Å². The molecular formula is C39H61NO5. The summed E-state index contributed by atoms with van der Waals surface area (Å²) >= 11 is 0. The minimum Gasteiger partial charge on any atom is -0.462 e. The van der Waals surface area contributed by atoms with Gasteiger partial charge in [0.1, 0.15) is 12.4 Å². The molecule has 4 saturated carbocycles. The fraction of sp³-hybridized carbons (Fsp3) is 0.846. The van der Waals surface area contributed by atoms with Crippen LogP contribution in [0.25, 0.3) is 0 Å². The standard InChI is InChI=1S/C39H61NO5/c1-23(2)31-26(42)20-39(40-33(44)34(3,4)5)19-14-25-24(32(31)39)12-13-28-37(25,10)17-15-27-36(8,9)29(16-18-38(27,28)11)45-30(43)21-35(6,7)22-41/h22-25,27-29H,12-21H2,1-11H3,(H,40,44)/t24?,25?,27?,28?,29?,37?,38?,39-/m1/s1. The Labute approximate surface area is 272 Å². The van der Waals surface area contributed by atoms with Crippen molar-refractivity contribution in [1.82, 2.24) is 5.32 Å². The van der Waals surface area contributed by atoms with Gasteiger partial charge in [0.05, 0.1) is 12.0 Å². The van der Waals surface area contributed by atoms with E-state index < -0.39 is 16.4 Å². The van der Waals surface area contributed by atoms with Gasteiger partial charge >= 0.3 is 5.97 Å². The molecule has 0 aromatic carbocycles. The number of carbonyl (C=O) groups excluding carboxylic acids is 4. The Kier molecular flexibility index (Phi) is 8.43. The van der Waals surface area contributed by atoms with E-state index in [1.165, 1.54) is 5.57 Å². The second-order valence-corrected chi connectivity index (χ2v) is 19.0. The third-order valence-corrected chi connectivity index (χ3v) is 13.8. The molecule has 7 unspecified atom stereocenters. The number of nitrogens with one attached hydrogen (secondary N) is 1. The summed E-state index contributed by atoms with van der Waals surface area (Å²) in [5.41, 5.74) is 0.675. The van der Waals surface area contributed by atoms with Crippen LogP contribution in [0.4, 0.5) is 0 Å². The fourth-order valence-electron chi connectivity index (χ4n) is 11.6. The molecule has 5 rings (SSSR count). The lowest BCUT2D eigenvalue weighted by Crippen LogP contribution is -2.64. The van der Waals surface area contributed by atoms with Crippen LogP contribution in [0.15, 0.2) is 11.1 Å². The molecule has 6 nitrogen and oxygen atoms in total. The van der Waals surface area contributed by atoms with E-state index in [4.69, 9.17) is 4.74 Å². The van der Waals surface area contributed by atoms with Crippen LogP contribution in [0.1, 0.15) is 140 Å². The molecule has 1 N–H and O–H groups in total. The Morgan fingerprint density at radius 2 is 1.56 bits per heavy atom. The smallest absolute Gasteiger partial charge is 0.307 e. The average molecular weight is 624 g/mol. The molecule has 4 fully saturated rings. The van der Waals surface area contributed by atoms with Crippen LogP contribution < -0.4 is 5.32 Å². The number of rotatable bonds is 6. The summed E-state index contributed by atoms with van der Waals surface area (Å²) in [4.78, 5) is 51.6. The Balaban J connectivity index is 1.44. The first-order valence-electron chi connectivity index (χ1n) is 17.9. The van der Waals surface area contributed by atoms with Gasteiger partial charge in [0.25, 0.3) is 0 Å². The Morgan fingerprint density at radius 1 is 0.911 bits per heavy atom. The lowest BCUT2D eigenvalue weighted by Gasteiger charge is -2.68. The second kappa shape index (κ2) is 11.0. The molecular weight excluding hydrogens is 562 g/mol. The number of ether oxygens (including phenoxy) is 1. The minimum absolute atomic E-state index is 0.0404. The molecule has 5 aliphatic carbocycles. The van der Waals surface area contributed by atoms with Crippen molar-refractivity contribution in [3.05, 3.63) is 11.1 Å². The number of fused-ring (bicyclic) bond motifs is 7. The molecule has 0 spiro atoms. The molecule has 0 aromatic heterocycles. The maximum atomic E-state index is 13.7. The molecule has 0 bridgehead atoms. The number of allylic oxidation sites excluding steroid dienone is 1. The summed E-state index contributed by atoms with van der Waals surface area (Å²) in [6.45, 7) is 23.5. The van der Waals surface area contributed by atoms with Gasteiger partial charge in [0, 0.05) is 22.7 Å². The van der Waals surface area contributed by atoms with Crippen LogP contribution in [0, 0.1) is 56.7 Å². The summed E-state index contributed by atoms with van der Waals surface area (Å²) < 4.78 is 6.17. The zero-order chi connectivity index (χ0) is 33.5. The van der Waals surface area contributed by atoms with E-state index in [0.717, 1.165) is 63.2 Å². The van der Waals surface area contributed by atoms with Crippen molar-refractivity contribution in [2.24, 2.45) is 56.7 Å². The summed E-state index contributed by atoms with van der Waals surface area (Å²) in [7, 11) is 0. The van der Waals surface area contributed by atoms with Crippen molar-refractivity contribution in [1.29, 1.82) is 0 Å². The highest BCUT2D eigenvalue weighted by Crippen LogP contribution is 2.72. The van der Waals surface area contributed by atoms with Crippen molar-refractivity contribution in [2.45, 2.75) is 152 Å². The van der Waals surface area contributed by atoms with Crippen LogP contribution in [-0.2, 0) is 23.9 Å². The Hall–Kier alpha value is -1.98. The van der Waals surface area contributed by atoms with Crippen molar-refractivity contribution in [3.63, 3.8) is 0 Å². The van der Waals surface area contributed by atoms with E-state index >= 15 is 0 Å². The van der Waals surface area contributed by atoms with E-state index in [9.17, 15) is 19.2 Å². The van der Waals surface area contributed by atoms with Crippen LogP contribution in [0.3, 0.4) is 0 Å². The van der Waals surface area contributed by atoms with E-state index in [-0.39, 0.29) is 52.3 Å². The van der Waals surface area contributed by atoms with Crippen LogP contribution >= 0.6 is 0 Å². The Morgan fingerprint density at radius 3 is 2.16 bits per heavy atom. The van der Waals surface area contributed by atoms with Gasteiger partial charge in [-0.3, -0.25) is 14.4 Å². The summed E-state index contributed by atoms with van der Waals surface area (Å²) in [5, 5.41) is 3.49. The molecule has 0 aliphatic heterocycles. The van der Waals surface area contributed by atoms with E-state index in [1.807, 2.05) is 20.8 Å². The Bertz CT molecular complexity index is 1280. The summed E-state index contributed by atoms with van der Waals surface area (Å²) in [6, 6.07) is 0. The van der Waals surface area contributed by atoms with E-state index in [2.05, 4.69) is 46.9 Å². The quantitative estimate of drug-likeness (QED) is 0.239. The highest BCUT2D eigenvalue weighted by Gasteiger charge is 2.67. The SMILES string of the molecule is CC(C)C1=C2C3CCC4C(C)(CCC5C(C)(C)C(OC(=O)CC(C)(C)C=O)CCC54C)C3CC[C@@]2(NC(=O)C(C)(C)C)CC1=O. The largest absolute Gasteiger partial charge is 0.462 e. The predicted molar refractivity (Wildman–Crippen MR) is 177 cm³/mol. The molecule has 45 heavy (non-hydrogen) atoms. The van der Waals surface area contributed by atoms with Gasteiger partial charge in [-0.25, -0.2) is 0 Å². The summed E-state index contributed by atoms with van der Waals surface area (Å²) in [5.74, 6) is 1.99. The van der Waals surface area contributed by atoms with Gasteiger partial charge < -0.3 is 14.8 Å². The highest BCUT2D eigenvalue weighted by atomic mass is 16.5. The molecule has 6 heteroatoms. The monoisotopic (exact) mass is 623 g/mol. The van der Waals surface area contributed by atoms with Crippen molar-refractivity contribution in [3.8, 4) is 0 Å². The van der Waals surface area contributed by atoms with Crippen LogP contribution in [0.5, 0.6) is 0 Å². The maximum absolute atomic E-state index is 13.7. The van der Waals surface area contributed by atoms with Gasteiger partial charge in [-0.15, -0.1) is 0 Å². The van der Waals surface area contributed by atoms with Gasteiger partial charge in [0.2, 0.25) is 5.91 Å². The van der Waals surface area contributed by atoms with Crippen LogP contribution in [0.2, 0.25) is 0 Å². The molecule has 5 aliphatic rings. The second-order valence-electron chi connectivity index (χ2n) is 19.0. The maximum Gasteiger partial charge on any atom is 0.307 e. The lowest BCUT2D eigenvalue weighted by atomic mass is 9.37. The van der Waals surface area contributed by atoms with Gasteiger partial charge in [-0.2, -0.15) is 0 Å². The average Bonchev–Trinajstić information content (AvgIpc) is 3.21. The van der Waals surface area contributed by atoms with Crippen molar-refractivity contribution in [2.75, 3.05) is 0 Å². The van der Waals surface area contributed by atoms with Gasteiger partial charge in [0.15, 0.2) is 5.78 Å². The number of aldehydes is 1. The fourth-order valence-corrected chi connectivity index (χ4v) is 11.6. The number of esters is 1. The van der Waals surface area contributed by atoms with E-state index in [0.29, 0.717) is 30.1 Å². The number of carbonyl (C=O) groups is 4. The number of ketones is 1. The van der Waals surface area contributed by atoms with Crippen molar-refractivity contribution < 1.29 is 23.9 Å². The molecule has 8 atom stereocenters. The third-order valence-electron chi connectivity index (χ3n) is 13.8. The molecule has 0 heterocycles. The van der Waals surface area contributed by atoms with Gasteiger partial charge in [-0.05, 0) is 103 Å². The number of hydrogen-bond donors (Lipinski definition) is 1. The number of hydrogen-bond acceptors (Lipinski definition) is 5. The van der Waals surface area contributed by atoms with Crippen LogP contribution in [-0.4, -0.2) is 35.6 Å². The molecule has 0 saturated heterocycles. The number of Topliss-reactive ketones (excluding diaryl/α,β-unsaturated/α-hetero) is 1. The molecule has 252 valence electrons. The normalized spacial score (nSPS) is 39.4. The number of amides is 1. The van der Waals surface area contributed by atoms with Crippen molar-refractivity contribution >= 4 is 23.9 Å². The lowest BCUT2D eigenvalue weighted by molar-refractivity contribution is -0.213. The minimum atomic E-state index is -0.711. The zero-order valence-corrected chi connectivity index (χ0v) is 30.2. The summed E-state index contributed by atoms with van der Waals surface area (Å²) in [6.07, 6.45) is 9.46. The van der Waals surface area contributed by atoms with Gasteiger partial charge in [-0.1, -0.05) is 76.2 Å². The topological polar surface area (TPSA) is 89.5 Å². The highest BCUT2D eigenvalue weighted by molar-refractivity contribution is 6.02. The first-order chi connectivity index (χ1) is 20.6. The first-order valence-corrected chi connectivity index (χ1v) is 17.9. The first kappa shape index (κ1) is 34.4. The molecule has 1 amide bonds. The molecule has 0 aromatic rings.